The van der Waals surface area contributed by atoms with E-state index < -0.39 is 46.1 Å². The van der Waals surface area contributed by atoms with Crippen molar-refractivity contribution in [3.05, 3.63) is 34.4 Å². The molecule has 0 aliphatic rings. The van der Waals surface area contributed by atoms with Gasteiger partial charge in [0.25, 0.3) is 0 Å². The van der Waals surface area contributed by atoms with E-state index in [0.29, 0.717) is 0 Å². The average Bonchev–Trinajstić information content (AvgIpc) is 2.43. The quantitative estimate of drug-likeness (QED) is 0.771. The van der Waals surface area contributed by atoms with Gasteiger partial charge in [-0.1, -0.05) is 0 Å². The van der Waals surface area contributed by atoms with Gasteiger partial charge in [0.1, 0.15) is 0 Å². The Kier molecular flexibility index (Phi) is 4.42. The molecule has 0 radical (unpaired) electrons. The largest absolute Gasteiger partial charge is 0.478 e. The number of rotatable bonds is 4. The van der Waals surface area contributed by atoms with E-state index >= 15 is 0 Å². The molecule has 8 heteroatoms. The fraction of sp³-hybridized carbons (Fsp3) is 0.167. The Morgan fingerprint density at radius 1 is 0.800 bits per heavy atom. The van der Waals surface area contributed by atoms with Crippen molar-refractivity contribution in [3.8, 4) is 0 Å². The third kappa shape index (κ3) is 2.58. The number of carbonyl (C=O) groups is 4. The summed E-state index contributed by atoms with van der Waals surface area (Å²) in [5.74, 6) is -5.35. The van der Waals surface area contributed by atoms with E-state index in [4.69, 9.17) is 10.2 Å². The van der Waals surface area contributed by atoms with Crippen LogP contribution in [-0.4, -0.2) is 48.3 Å². The van der Waals surface area contributed by atoms with Crippen molar-refractivity contribution >= 4 is 23.9 Å². The Morgan fingerprint density at radius 2 is 1.30 bits per heavy atom. The van der Waals surface area contributed by atoms with E-state index in [0.717, 1.165) is 26.4 Å². The van der Waals surface area contributed by atoms with Crippen molar-refractivity contribution < 1.29 is 38.9 Å². The Balaban J connectivity index is 3.79. The van der Waals surface area contributed by atoms with E-state index in [1.54, 1.807) is 0 Å². The summed E-state index contributed by atoms with van der Waals surface area (Å²) in [6.07, 6.45) is 0. The van der Waals surface area contributed by atoms with Crippen LogP contribution in [0.2, 0.25) is 0 Å². The molecule has 1 aromatic rings. The molecular formula is C12H10O8. The van der Waals surface area contributed by atoms with Gasteiger partial charge in [-0.2, -0.15) is 0 Å². The third-order valence-electron chi connectivity index (χ3n) is 2.44. The zero-order chi connectivity index (χ0) is 15.4. The summed E-state index contributed by atoms with van der Waals surface area (Å²) in [5, 5.41) is 18.1. The summed E-state index contributed by atoms with van der Waals surface area (Å²) in [5.41, 5.74) is -2.51. The molecule has 0 saturated carbocycles. The molecule has 0 unspecified atom stereocenters. The number of carboxylic acid groups (broad SMARTS) is 2. The van der Waals surface area contributed by atoms with E-state index in [1.807, 2.05) is 0 Å². The van der Waals surface area contributed by atoms with Crippen LogP contribution in [0.1, 0.15) is 41.4 Å². The maximum atomic E-state index is 11.6. The fourth-order valence-electron chi connectivity index (χ4n) is 1.60. The van der Waals surface area contributed by atoms with Gasteiger partial charge in [-0.25, -0.2) is 19.2 Å². The maximum absolute atomic E-state index is 11.6. The van der Waals surface area contributed by atoms with Gasteiger partial charge in [-0.15, -0.1) is 0 Å². The van der Waals surface area contributed by atoms with Gasteiger partial charge in [0, 0.05) is 0 Å². The molecule has 8 nitrogen and oxygen atoms in total. The van der Waals surface area contributed by atoms with E-state index in [9.17, 15) is 19.2 Å². The second kappa shape index (κ2) is 5.83. The van der Waals surface area contributed by atoms with E-state index in [-0.39, 0.29) is 0 Å². The highest BCUT2D eigenvalue weighted by atomic mass is 16.5. The smallest absolute Gasteiger partial charge is 0.339 e. The molecule has 0 aliphatic carbocycles. The lowest BCUT2D eigenvalue weighted by Crippen LogP contribution is -2.20. The van der Waals surface area contributed by atoms with Crippen molar-refractivity contribution in [1.29, 1.82) is 0 Å². The van der Waals surface area contributed by atoms with Crippen LogP contribution >= 0.6 is 0 Å². The zero-order valence-electron chi connectivity index (χ0n) is 10.5. The second-order valence-electron chi connectivity index (χ2n) is 3.50. The summed E-state index contributed by atoms with van der Waals surface area (Å²) in [7, 11) is 1.99. The number of aromatic carboxylic acids is 2. The van der Waals surface area contributed by atoms with Crippen molar-refractivity contribution in [2.24, 2.45) is 0 Å². The lowest BCUT2D eigenvalue weighted by Gasteiger charge is -2.11. The van der Waals surface area contributed by atoms with Gasteiger partial charge in [0.15, 0.2) is 0 Å². The molecule has 0 fully saturated rings. The van der Waals surface area contributed by atoms with Crippen LogP contribution in [-0.2, 0) is 9.47 Å². The van der Waals surface area contributed by atoms with E-state index in [1.165, 1.54) is 0 Å². The number of esters is 2. The highest BCUT2D eigenvalue weighted by Crippen LogP contribution is 2.22. The van der Waals surface area contributed by atoms with Crippen molar-refractivity contribution in [2.75, 3.05) is 14.2 Å². The van der Waals surface area contributed by atoms with Crippen LogP contribution in [0.5, 0.6) is 0 Å². The maximum Gasteiger partial charge on any atom is 0.339 e. The third-order valence-corrected chi connectivity index (χ3v) is 2.44. The predicted molar refractivity (Wildman–Crippen MR) is 63.0 cm³/mol. The average molecular weight is 282 g/mol. The van der Waals surface area contributed by atoms with Crippen LogP contribution in [0.25, 0.3) is 0 Å². The zero-order valence-corrected chi connectivity index (χ0v) is 10.5. The summed E-state index contributed by atoms with van der Waals surface area (Å²) < 4.78 is 8.76. The lowest BCUT2D eigenvalue weighted by molar-refractivity contribution is 0.0556. The Bertz CT molecular complexity index is 602. The number of benzene rings is 1. The van der Waals surface area contributed by atoms with Gasteiger partial charge in [-0.3, -0.25) is 0 Å². The van der Waals surface area contributed by atoms with Crippen LogP contribution in [0.3, 0.4) is 0 Å². The molecule has 1 aromatic carbocycles. The van der Waals surface area contributed by atoms with Gasteiger partial charge in [0.05, 0.1) is 36.5 Å². The normalized spacial score (nSPS) is 9.70. The minimum atomic E-state index is -1.64. The molecule has 0 bridgehead atoms. The number of carboxylic acids is 2. The number of carbonyl (C=O) groups excluding carboxylic acids is 2. The molecule has 0 amide bonds. The fourth-order valence-corrected chi connectivity index (χ4v) is 1.60. The predicted octanol–water partition coefficient (Wildman–Crippen LogP) is 0.656. The molecule has 0 spiro atoms. The van der Waals surface area contributed by atoms with Crippen LogP contribution in [0, 0.1) is 0 Å². The number of ether oxygens (including phenoxy) is 2. The van der Waals surface area contributed by atoms with Crippen molar-refractivity contribution in [2.45, 2.75) is 0 Å². The van der Waals surface area contributed by atoms with Crippen molar-refractivity contribution in [1.82, 2.24) is 0 Å². The summed E-state index contributed by atoms with van der Waals surface area (Å²) in [6.45, 7) is 0. The standard InChI is InChI=1S/C12H10O8/c1-19-11(17)6-4-3-5(9(13)14)8(12(18)20-2)7(6)10(15)16/h3-4H,1-2H3,(H,13,14)(H,15,16). The molecule has 20 heavy (non-hydrogen) atoms. The molecule has 0 heterocycles. The highest BCUT2D eigenvalue weighted by Gasteiger charge is 2.30. The first-order chi connectivity index (χ1) is 9.34. The summed E-state index contributed by atoms with van der Waals surface area (Å²) in [4.78, 5) is 45.4. The Morgan fingerprint density at radius 3 is 1.70 bits per heavy atom. The first-order valence-electron chi connectivity index (χ1n) is 5.15. The Hall–Kier alpha value is -2.90. The molecule has 2 N–H and O–H groups in total. The second-order valence-corrected chi connectivity index (χ2v) is 3.50. The minimum absolute atomic E-state index is 0.439. The molecule has 106 valence electrons. The summed E-state index contributed by atoms with van der Waals surface area (Å²) in [6, 6.07) is 1.90. The SMILES string of the molecule is COC(=O)c1ccc(C(=O)O)c(C(=O)OC)c1C(=O)O. The highest BCUT2D eigenvalue weighted by molar-refractivity contribution is 6.14. The monoisotopic (exact) mass is 282 g/mol. The first kappa shape index (κ1) is 15.2. The van der Waals surface area contributed by atoms with Crippen LogP contribution in [0.4, 0.5) is 0 Å². The topological polar surface area (TPSA) is 127 Å². The van der Waals surface area contributed by atoms with Gasteiger partial charge in [-0.05, 0) is 12.1 Å². The molecule has 0 atom stereocenters. The Labute approximate surface area is 112 Å². The van der Waals surface area contributed by atoms with Gasteiger partial charge < -0.3 is 19.7 Å². The minimum Gasteiger partial charge on any atom is -0.478 e. The number of hydrogen-bond acceptors (Lipinski definition) is 6. The van der Waals surface area contributed by atoms with Gasteiger partial charge in [0.2, 0.25) is 0 Å². The van der Waals surface area contributed by atoms with Crippen LogP contribution < -0.4 is 0 Å². The van der Waals surface area contributed by atoms with Crippen molar-refractivity contribution in [3.63, 3.8) is 0 Å². The summed E-state index contributed by atoms with van der Waals surface area (Å²) >= 11 is 0. The van der Waals surface area contributed by atoms with Crippen LogP contribution in [0.15, 0.2) is 12.1 Å². The molecule has 0 saturated heterocycles. The number of hydrogen-bond donors (Lipinski definition) is 2. The first-order valence-corrected chi connectivity index (χ1v) is 5.15. The number of methoxy groups -OCH3 is 2. The molecular weight excluding hydrogens is 272 g/mol. The lowest BCUT2D eigenvalue weighted by atomic mass is 9.95. The van der Waals surface area contributed by atoms with Gasteiger partial charge >= 0.3 is 23.9 Å². The molecule has 1 rings (SSSR count). The van der Waals surface area contributed by atoms with E-state index in [2.05, 4.69) is 9.47 Å². The molecule has 0 aliphatic heterocycles. The molecule has 0 aromatic heterocycles.